The summed E-state index contributed by atoms with van der Waals surface area (Å²) >= 11 is 0. The SMILES string of the molecule is CC1=CC=C(C2(CCN3C(C)CCC3C)CCC2)C=CC1.Cc1ccc(C2(CCN3C(C)CCCC3C)CCC2)cc1. The molecular formula is C40H62N2. The van der Waals surface area contributed by atoms with E-state index in [0.717, 1.165) is 30.6 Å². The average molecular weight is 571 g/mol. The molecule has 4 unspecified atom stereocenters. The van der Waals surface area contributed by atoms with Crippen LogP contribution in [0.1, 0.15) is 136 Å². The van der Waals surface area contributed by atoms with Crippen LogP contribution in [0.5, 0.6) is 0 Å². The summed E-state index contributed by atoms with van der Waals surface area (Å²) in [6, 6.07) is 12.5. The summed E-state index contributed by atoms with van der Waals surface area (Å²) in [4.78, 5) is 5.53. The zero-order valence-electron chi connectivity index (χ0n) is 28.1. The number of nitrogens with zero attached hydrogens (tertiary/aromatic N) is 2. The number of rotatable bonds is 8. The molecule has 4 atom stereocenters. The second-order valence-electron chi connectivity index (χ2n) is 15.3. The van der Waals surface area contributed by atoms with E-state index < -0.39 is 0 Å². The second-order valence-corrected chi connectivity index (χ2v) is 15.3. The molecule has 2 aliphatic heterocycles. The van der Waals surface area contributed by atoms with Gasteiger partial charge in [0.1, 0.15) is 0 Å². The standard InChI is InChI=1S/2C20H31N/c1-16-6-4-7-19(11-8-16)20(12-5-13-20)14-15-21-17(2)9-10-18(21)3;1-16-8-10-19(11-9-16)20(12-5-13-20)14-15-21-17(2)6-4-7-18(21)3/h4,7-8,11,17-18H,5-6,9-10,12-15H2,1-3H3;8-11,17-18H,4-7,12-15H2,1-3H3. The lowest BCUT2D eigenvalue weighted by atomic mass is 9.62. The van der Waals surface area contributed by atoms with Crippen molar-refractivity contribution in [3.05, 3.63) is 70.8 Å². The van der Waals surface area contributed by atoms with E-state index in [2.05, 4.69) is 99.9 Å². The van der Waals surface area contributed by atoms with Crippen LogP contribution in [-0.2, 0) is 5.41 Å². The van der Waals surface area contributed by atoms with Crippen LogP contribution in [0.15, 0.2) is 59.7 Å². The third-order valence-electron chi connectivity index (χ3n) is 12.4. The van der Waals surface area contributed by atoms with Gasteiger partial charge in [0, 0.05) is 24.2 Å². The lowest BCUT2D eigenvalue weighted by molar-refractivity contribution is 0.0805. The highest BCUT2D eigenvalue weighted by Gasteiger charge is 2.41. The molecule has 6 rings (SSSR count). The largest absolute Gasteiger partial charge is 0.298 e. The number of aryl methyl sites for hydroxylation is 1. The summed E-state index contributed by atoms with van der Waals surface area (Å²) in [6.45, 7) is 16.7. The first kappa shape index (κ1) is 31.8. The highest BCUT2D eigenvalue weighted by Crippen LogP contribution is 2.51. The first-order chi connectivity index (χ1) is 20.2. The quantitative estimate of drug-likeness (QED) is 0.307. The Labute approximate surface area is 259 Å². The van der Waals surface area contributed by atoms with Gasteiger partial charge >= 0.3 is 0 Å². The number of benzene rings is 1. The predicted octanol–water partition coefficient (Wildman–Crippen LogP) is 10.3. The molecule has 0 bridgehead atoms. The first-order valence-electron chi connectivity index (χ1n) is 17.8. The van der Waals surface area contributed by atoms with Crippen LogP contribution in [-0.4, -0.2) is 47.1 Å². The molecule has 3 aliphatic carbocycles. The molecule has 2 nitrogen and oxygen atoms in total. The Morgan fingerprint density at radius 1 is 0.643 bits per heavy atom. The maximum atomic E-state index is 2.78. The molecule has 4 fully saturated rings. The highest BCUT2D eigenvalue weighted by molar-refractivity contribution is 5.36. The van der Waals surface area contributed by atoms with Crippen LogP contribution in [0.3, 0.4) is 0 Å². The Hall–Kier alpha value is -1.64. The number of likely N-dealkylation sites (tertiary alicyclic amines) is 2. The van der Waals surface area contributed by atoms with Crippen molar-refractivity contribution < 1.29 is 0 Å². The van der Waals surface area contributed by atoms with Crippen molar-refractivity contribution in [2.45, 2.75) is 161 Å². The summed E-state index contributed by atoms with van der Waals surface area (Å²) in [6.07, 6.45) is 28.8. The van der Waals surface area contributed by atoms with Crippen molar-refractivity contribution >= 4 is 0 Å². The van der Waals surface area contributed by atoms with Crippen molar-refractivity contribution in [3.63, 3.8) is 0 Å². The minimum absolute atomic E-state index is 0.486. The Bertz CT molecular complexity index is 1080. The van der Waals surface area contributed by atoms with Crippen LogP contribution >= 0.6 is 0 Å². The summed E-state index contributed by atoms with van der Waals surface area (Å²) in [5, 5.41) is 0. The second kappa shape index (κ2) is 14.0. The molecule has 2 heteroatoms. The molecule has 2 heterocycles. The van der Waals surface area contributed by atoms with Gasteiger partial charge in [-0.25, -0.2) is 0 Å². The molecule has 1 aromatic rings. The third-order valence-corrected chi connectivity index (χ3v) is 12.4. The van der Waals surface area contributed by atoms with Gasteiger partial charge in [-0.1, -0.05) is 79.0 Å². The number of piperidine rings is 1. The molecule has 0 spiro atoms. The van der Waals surface area contributed by atoms with E-state index in [1.165, 1.54) is 108 Å². The first-order valence-corrected chi connectivity index (χ1v) is 17.8. The van der Waals surface area contributed by atoms with Gasteiger partial charge in [-0.2, -0.15) is 0 Å². The minimum Gasteiger partial charge on any atom is -0.298 e. The van der Waals surface area contributed by atoms with E-state index in [1.807, 2.05) is 0 Å². The van der Waals surface area contributed by atoms with Gasteiger partial charge in [0.05, 0.1) is 0 Å². The van der Waals surface area contributed by atoms with Gasteiger partial charge in [-0.3, -0.25) is 9.80 Å². The molecule has 5 aliphatic rings. The fraction of sp³-hybridized carbons (Fsp3) is 0.700. The minimum atomic E-state index is 0.486. The molecule has 2 saturated heterocycles. The average Bonchev–Trinajstić information content (AvgIpc) is 3.09. The van der Waals surface area contributed by atoms with Gasteiger partial charge in [0.2, 0.25) is 0 Å². The molecule has 0 radical (unpaired) electrons. The van der Waals surface area contributed by atoms with Crippen LogP contribution in [0, 0.1) is 12.3 Å². The van der Waals surface area contributed by atoms with Gasteiger partial charge in [-0.15, -0.1) is 0 Å². The highest BCUT2D eigenvalue weighted by atomic mass is 15.2. The molecular weight excluding hydrogens is 508 g/mol. The summed E-state index contributed by atoms with van der Waals surface area (Å²) in [5.74, 6) is 0. The fourth-order valence-electron chi connectivity index (χ4n) is 8.85. The zero-order chi connectivity index (χ0) is 29.7. The zero-order valence-corrected chi connectivity index (χ0v) is 28.1. The van der Waals surface area contributed by atoms with Crippen molar-refractivity contribution in [2.75, 3.05) is 13.1 Å². The third kappa shape index (κ3) is 7.18. The van der Waals surface area contributed by atoms with E-state index >= 15 is 0 Å². The number of hydrogen-bond donors (Lipinski definition) is 0. The molecule has 0 N–H and O–H groups in total. The Kier molecular flexibility index (Phi) is 10.6. The number of hydrogen-bond acceptors (Lipinski definition) is 2. The molecule has 42 heavy (non-hydrogen) atoms. The lowest BCUT2D eigenvalue weighted by Crippen LogP contribution is -2.47. The molecule has 232 valence electrons. The Morgan fingerprint density at radius 2 is 1.17 bits per heavy atom. The van der Waals surface area contributed by atoms with E-state index in [4.69, 9.17) is 0 Å². The summed E-state index contributed by atoms with van der Waals surface area (Å²) < 4.78 is 0. The Balaban J connectivity index is 0.000000168. The van der Waals surface area contributed by atoms with E-state index in [-0.39, 0.29) is 0 Å². The smallest absolute Gasteiger partial charge is 0.00703 e. The van der Waals surface area contributed by atoms with Crippen molar-refractivity contribution in [2.24, 2.45) is 5.41 Å². The molecule has 0 amide bonds. The normalized spacial score (nSPS) is 30.7. The lowest BCUT2D eigenvalue weighted by Gasteiger charge is -2.46. The van der Waals surface area contributed by atoms with Crippen molar-refractivity contribution in [1.29, 1.82) is 0 Å². The van der Waals surface area contributed by atoms with Crippen LogP contribution < -0.4 is 0 Å². The van der Waals surface area contributed by atoms with Gasteiger partial charge in [-0.05, 0) is 147 Å². The van der Waals surface area contributed by atoms with E-state index in [1.54, 1.807) is 11.1 Å². The molecule has 2 saturated carbocycles. The summed E-state index contributed by atoms with van der Waals surface area (Å²) in [5.41, 5.74) is 7.04. The van der Waals surface area contributed by atoms with Gasteiger partial charge in [0.15, 0.2) is 0 Å². The summed E-state index contributed by atoms with van der Waals surface area (Å²) in [7, 11) is 0. The van der Waals surface area contributed by atoms with Gasteiger partial charge in [0.25, 0.3) is 0 Å². The number of allylic oxidation sites excluding steroid dienone is 6. The Morgan fingerprint density at radius 3 is 1.69 bits per heavy atom. The molecule has 0 aromatic heterocycles. The monoisotopic (exact) mass is 570 g/mol. The van der Waals surface area contributed by atoms with Crippen molar-refractivity contribution in [1.82, 2.24) is 9.80 Å². The van der Waals surface area contributed by atoms with Crippen molar-refractivity contribution in [3.8, 4) is 0 Å². The maximum Gasteiger partial charge on any atom is 0.00703 e. The van der Waals surface area contributed by atoms with E-state index in [0.29, 0.717) is 10.8 Å². The topological polar surface area (TPSA) is 6.48 Å². The fourth-order valence-corrected chi connectivity index (χ4v) is 8.85. The van der Waals surface area contributed by atoms with Crippen LogP contribution in [0.2, 0.25) is 0 Å². The van der Waals surface area contributed by atoms with E-state index in [9.17, 15) is 0 Å². The van der Waals surface area contributed by atoms with Crippen LogP contribution in [0.25, 0.3) is 0 Å². The van der Waals surface area contributed by atoms with Crippen LogP contribution in [0.4, 0.5) is 0 Å². The predicted molar refractivity (Wildman–Crippen MR) is 182 cm³/mol. The molecule has 1 aromatic carbocycles. The maximum absolute atomic E-state index is 2.78. The van der Waals surface area contributed by atoms with Gasteiger partial charge < -0.3 is 0 Å².